The molecule has 144 valence electrons. The van der Waals surface area contributed by atoms with Gasteiger partial charge in [-0.15, -0.1) is 0 Å². The average Bonchev–Trinajstić information content (AvgIpc) is 2.61. The predicted octanol–water partition coefficient (Wildman–Crippen LogP) is 3.38. The minimum atomic E-state index is -1.89. The van der Waals surface area contributed by atoms with Crippen molar-refractivity contribution in [1.29, 1.82) is 0 Å². The molecular weight excluding hydrogens is 344 g/mol. The maximum absolute atomic E-state index is 5.58. The van der Waals surface area contributed by atoms with E-state index in [4.69, 9.17) is 8.85 Å². The van der Waals surface area contributed by atoms with Gasteiger partial charge in [0.2, 0.25) is 8.40 Å². The molecule has 0 fully saturated rings. The zero-order valence-corrected chi connectivity index (χ0v) is 19.3. The number of rotatable bonds is 12. The molecule has 0 bridgehead atoms. The van der Waals surface area contributed by atoms with Crippen molar-refractivity contribution in [3.8, 4) is 0 Å². The molecule has 0 N–H and O–H groups in total. The smallest absolute Gasteiger partial charge is 0.334 e. The highest BCUT2D eigenvalue weighted by atomic mass is 28.4. The molecule has 1 rings (SSSR count). The molecule has 0 saturated heterocycles. The quantitative estimate of drug-likeness (QED) is 0.409. The summed E-state index contributed by atoms with van der Waals surface area (Å²) in [4.78, 5) is 0. The SMILES string of the molecule is CO[Si](C)(CCCCCC[Si](c1ccccc1)(N(C)C)N(C)C)OC. The number of unbranched alkanes of at least 4 members (excludes halogenated alkanes) is 3. The summed E-state index contributed by atoms with van der Waals surface area (Å²) < 4.78 is 16.1. The van der Waals surface area contributed by atoms with Crippen molar-refractivity contribution < 1.29 is 8.85 Å². The molecule has 0 aliphatic heterocycles. The van der Waals surface area contributed by atoms with Crippen LogP contribution in [0.3, 0.4) is 0 Å². The Balaban J connectivity index is 2.61. The lowest BCUT2D eigenvalue weighted by Gasteiger charge is -2.43. The largest absolute Gasteiger partial charge is 0.398 e. The van der Waals surface area contributed by atoms with E-state index >= 15 is 0 Å². The topological polar surface area (TPSA) is 24.9 Å². The molecule has 0 aromatic heterocycles. The summed E-state index contributed by atoms with van der Waals surface area (Å²) in [6.07, 6.45) is 5.01. The van der Waals surface area contributed by atoms with Crippen LogP contribution in [0.1, 0.15) is 25.7 Å². The normalized spacial score (nSPS) is 13.0. The van der Waals surface area contributed by atoms with Gasteiger partial charge in [-0.25, -0.2) is 0 Å². The van der Waals surface area contributed by atoms with Crippen LogP contribution in [0.15, 0.2) is 30.3 Å². The fourth-order valence-corrected chi connectivity index (χ4v) is 9.62. The van der Waals surface area contributed by atoms with Crippen molar-refractivity contribution in [1.82, 2.24) is 9.13 Å². The zero-order valence-electron chi connectivity index (χ0n) is 17.3. The van der Waals surface area contributed by atoms with Crippen molar-refractivity contribution in [2.24, 2.45) is 0 Å². The van der Waals surface area contributed by atoms with Gasteiger partial charge in [0.1, 0.15) is 0 Å². The van der Waals surface area contributed by atoms with E-state index in [1.54, 1.807) is 14.2 Å². The first kappa shape index (κ1) is 22.5. The third-order valence-corrected chi connectivity index (χ3v) is 13.7. The molecule has 0 radical (unpaired) electrons. The maximum Gasteiger partial charge on any atom is 0.334 e. The molecule has 6 heteroatoms. The van der Waals surface area contributed by atoms with Crippen LogP contribution in [0.5, 0.6) is 0 Å². The summed E-state index contributed by atoms with van der Waals surface area (Å²) in [6.45, 7) is 2.15. The molecule has 0 aliphatic carbocycles. The lowest BCUT2D eigenvalue weighted by Crippen LogP contribution is -2.68. The van der Waals surface area contributed by atoms with Gasteiger partial charge in [0, 0.05) is 14.2 Å². The average molecular weight is 383 g/mol. The molecule has 0 unspecified atom stereocenters. The Kier molecular flexibility index (Phi) is 9.55. The van der Waals surface area contributed by atoms with E-state index in [9.17, 15) is 0 Å². The van der Waals surface area contributed by atoms with E-state index in [0.717, 1.165) is 6.04 Å². The van der Waals surface area contributed by atoms with Gasteiger partial charge in [-0.05, 0) is 52.0 Å². The molecule has 0 spiro atoms. The third kappa shape index (κ3) is 6.01. The maximum atomic E-state index is 5.58. The monoisotopic (exact) mass is 382 g/mol. The molecule has 0 heterocycles. The van der Waals surface area contributed by atoms with Crippen molar-refractivity contribution in [3.63, 3.8) is 0 Å². The second kappa shape index (κ2) is 10.6. The van der Waals surface area contributed by atoms with E-state index in [0.29, 0.717) is 0 Å². The highest BCUT2D eigenvalue weighted by Gasteiger charge is 2.40. The van der Waals surface area contributed by atoms with Crippen molar-refractivity contribution in [2.75, 3.05) is 42.4 Å². The molecule has 1 aromatic rings. The van der Waals surface area contributed by atoms with E-state index in [1.807, 2.05) is 0 Å². The van der Waals surface area contributed by atoms with Crippen LogP contribution in [0.2, 0.25) is 18.6 Å². The Morgan fingerprint density at radius 2 is 1.24 bits per heavy atom. The number of hydrogen-bond acceptors (Lipinski definition) is 4. The van der Waals surface area contributed by atoms with Crippen LogP contribution in [-0.4, -0.2) is 68.5 Å². The van der Waals surface area contributed by atoms with Gasteiger partial charge < -0.3 is 18.0 Å². The van der Waals surface area contributed by atoms with Crippen molar-refractivity contribution >= 4 is 22.1 Å². The Hall–Kier alpha value is -0.506. The van der Waals surface area contributed by atoms with Gasteiger partial charge in [-0.3, -0.25) is 0 Å². The van der Waals surface area contributed by atoms with E-state index < -0.39 is 17.0 Å². The first-order chi connectivity index (χ1) is 11.8. The van der Waals surface area contributed by atoms with Crippen LogP contribution in [-0.2, 0) is 8.85 Å². The zero-order chi connectivity index (χ0) is 18.9. The van der Waals surface area contributed by atoms with Crippen LogP contribution < -0.4 is 5.19 Å². The third-order valence-electron chi connectivity index (χ3n) is 5.49. The molecule has 4 nitrogen and oxygen atoms in total. The number of hydrogen-bond donors (Lipinski definition) is 0. The Bertz CT molecular complexity index is 472. The second-order valence-corrected chi connectivity index (χ2v) is 15.5. The summed E-state index contributed by atoms with van der Waals surface area (Å²) in [7, 11) is 8.84. The van der Waals surface area contributed by atoms with Gasteiger partial charge in [0.05, 0.1) is 0 Å². The summed E-state index contributed by atoms with van der Waals surface area (Å²) in [5.74, 6) is 0. The fourth-order valence-electron chi connectivity index (χ4n) is 3.67. The number of nitrogens with zero attached hydrogens (tertiary/aromatic N) is 2. The van der Waals surface area contributed by atoms with Gasteiger partial charge in [0.15, 0.2) is 0 Å². The Morgan fingerprint density at radius 3 is 1.68 bits per heavy atom. The summed E-state index contributed by atoms with van der Waals surface area (Å²) in [5.41, 5.74) is 0. The molecule has 1 aromatic carbocycles. The highest BCUT2D eigenvalue weighted by molar-refractivity contribution is 6.87. The van der Waals surface area contributed by atoms with E-state index in [2.05, 4.69) is 74.2 Å². The van der Waals surface area contributed by atoms with E-state index in [1.165, 1.54) is 36.9 Å². The lowest BCUT2D eigenvalue weighted by atomic mass is 10.2. The van der Waals surface area contributed by atoms with Gasteiger partial charge >= 0.3 is 8.56 Å². The second-order valence-electron chi connectivity index (χ2n) is 7.43. The standard InChI is InChI=1S/C19H38N2O2Si2/c1-20(2)25(21(3)4,19-15-11-10-12-16-19)18-14-9-8-13-17-24(7,22-5)23-6/h10-12,15-16H,8-9,13-14,17-18H2,1-7H3. The molecule has 0 aliphatic rings. The van der Waals surface area contributed by atoms with Crippen LogP contribution in [0.25, 0.3) is 0 Å². The summed E-state index contributed by atoms with van der Waals surface area (Å²) in [6, 6.07) is 13.4. The molecule has 0 amide bonds. The highest BCUT2D eigenvalue weighted by Crippen LogP contribution is 2.22. The fraction of sp³-hybridized carbons (Fsp3) is 0.684. The van der Waals surface area contributed by atoms with E-state index in [-0.39, 0.29) is 0 Å². The van der Waals surface area contributed by atoms with Crippen molar-refractivity contribution in [2.45, 2.75) is 44.3 Å². The first-order valence-corrected chi connectivity index (χ1v) is 14.0. The minimum absolute atomic E-state index is 1.09. The van der Waals surface area contributed by atoms with Gasteiger partial charge in [-0.2, -0.15) is 0 Å². The molecule has 0 saturated carbocycles. The first-order valence-electron chi connectivity index (χ1n) is 9.33. The molecule has 25 heavy (non-hydrogen) atoms. The Labute approximate surface area is 157 Å². The number of benzene rings is 1. The summed E-state index contributed by atoms with van der Waals surface area (Å²) in [5, 5.41) is 1.50. The van der Waals surface area contributed by atoms with Crippen LogP contribution >= 0.6 is 0 Å². The predicted molar refractivity (Wildman–Crippen MR) is 113 cm³/mol. The molecule has 0 atom stereocenters. The van der Waals surface area contributed by atoms with Crippen molar-refractivity contribution in [3.05, 3.63) is 30.3 Å². The van der Waals surface area contributed by atoms with Crippen LogP contribution in [0.4, 0.5) is 0 Å². The minimum Gasteiger partial charge on any atom is -0.398 e. The summed E-state index contributed by atoms with van der Waals surface area (Å²) >= 11 is 0. The molecular formula is C19H38N2O2Si2. The Morgan fingerprint density at radius 1 is 0.760 bits per heavy atom. The van der Waals surface area contributed by atoms with Crippen LogP contribution in [0, 0.1) is 0 Å². The lowest BCUT2D eigenvalue weighted by molar-refractivity contribution is 0.248. The van der Waals surface area contributed by atoms with Gasteiger partial charge in [0.25, 0.3) is 0 Å². The van der Waals surface area contributed by atoms with Gasteiger partial charge in [-0.1, -0.05) is 56.0 Å².